The van der Waals surface area contributed by atoms with Crippen LogP contribution < -0.4 is 4.74 Å². The minimum absolute atomic E-state index is 0.297. The van der Waals surface area contributed by atoms with E-state index >= 15 is 0 Å². The third kappa shape index (κ3) is 2.95. The Labute approximate surface area is 115 Å². The summed E-state index contributed by atoms with van der Waals surface area (Å²) in [6, 6.07) is 14.4. The SMILES string of the molecule is N#Cc1ccccc1COc1ccc(Cl)cc1Cl. The van der Waals surface area contributed by atoms with Gasteiger partial charge in [-0.3, -0.25) is 0 Å². The molecule has 0 fully saturated rings. The van der Waals surface area contributed by atoms with Gasteiger partial charge in [0.2, 0.25) is 0 Å². The van der Waals surface area contributed by atoms with Crippen molar-refractivity contribution in [3.05, 3.63) is 63.6 Å². The van der Waals surface area contributed by atoms with Crippen LogP contribution in [0.5, 0.6) is 5.75 Å². The quantitative estimate of drug-likeness (QED) is 0.831. The van der Waals surface area contributed by atoms with Crippen LogP contribution in [0, 0.1) is 11.3 Å². The first-order valence-electron chi connectivity index (χ1n) is 5.26. The van der Waals surface area contributed by atoms with E-state index in [9.17, 15) is 0 Å². The van der Waals surface area contributed by atoms with Crippen molar-refractivity contribution >= 4 is 23.2 Å². The van der Waals surface area contributed by atoms with E-state index in [1.807, 2.05) is 18.2 Å². The first kappa shape index (κ1) is 12.8. The number of halogens is 2. The van der Waals surface area contributed by atoms with Gasteiger partial charge in [-0.1, -0.05) is 41.4 Å². The predicted octanol–water partition coefficient (Wildman–Crippen LogP) is 4.44. The van der Waals surface area contributed by atoms with Crippen molar-refractivity contribution in [2.24, 2.45) is 0 Å². The van der Waals surface area contributed by atoms with Crippen molar-refractivity contribution in [3.63, 3.8) is 0 Å². The lowest BCUT2D eigenvalue weighted by atomic mass is 10.1. The molecule has 0 saturated carbocycles. The molecule has 18 heavy (non-hydrogen) atoms. The molecule has 0 aliphatic rings. The number of hydrogen-bond donors (Lipinski definition) is 0. The molecule has 2 aromatic rings. The van der Waals surface area contributed by atoms with Crippen LogP contribution in [0.3, 0.4) is 0 Å². The van der Waals surface area contributed by atoms with Crippen LogP contribution in [0.15, 0.2) is 42.5 Å². The number of benzene rings is 2. The number of ether oxygens (including phenoxy) is 1. The van der Waals surface area contributed by atoms with Crippen molar-refractivity contribution < 1.29 is 4.74 Å². The predicted molar refractivity (Wildman–Crippen MR) is 72.0 cm³/mol. The van der Waals surface area contributed by atoms with Gasteiger partial charge in [-0.2, -0.15) is 5.26 Å². The molecule has 2 aromatic carbocycles. The highest BCUT2D eigenvalue weighted by atomic mass is 35.5. The summed E-state index contributed by atoms with van der Waals surface area (Å²) >= 11 is 11.8. The summed E-state index contributed by atoms with van der Waals surface area (Å²) in [5, 5.41) is 9.97. The number of hydrogen-bond acceptors (Lipinski definition) is 2. The summed E-state index contributed by atoms with van der Waals surface area (Å²) in [6.45, 7) is 0.297. The highest BCUT2D eigenvalue weighted by Gasteiger charge is 2.05. The minimum Gasteiger partial charge on any atom is -0.487 e. The van der Waals surface area contributed by atoms with Crippen molar-refractivity contribution in [1.29, 1.82) is 5.26 Å². The van der Waals surface area contributed by atoms with E-state index in [4.69, 9.17) is 33.2 Å². The van der Waals surface area contributed by atoms with Crippen LogP contribution in [0.4, 0.5) is 0 Å². The lowest BCUT2D eigenvalue weighted by Crippen LogP contribution is -1.98. The molecule has 0 aliphatic carbocycles. The molecule has 0 aromatic heterocycles. The zero-order chi connectivity index (χ0) is 13.0. The highest BCUT2D eigenvalue weighted by Crippen LogP contribution is 2.28. The maximum Gasteiger partial charge on any atom is 0.138 e. The second-order valence-electron chi connectivity index (χ2n) is 3.63. The van der Waals surface area contributed by atoms with E-state index in [2.05, 4.69) is 6.07 Å². The van der Waals surface area contributed by atoms with Gasteiger partial charge in [-0.05, 0) is 24.3 Å². The summed E-state index contributed by atoms with van der Waals surface area (Å²) in [7, 11) is 0. The molecular formula is C14H9Cl2NO. The Balaban J connectivity index is 2.14. The molecule has 0 amide bonds. The van der Waals surface area contributed by atoms with Crippen molar-refractivity contribution in [3.8, 4) is 11.8 Å². The fourth-order valence-corrected chi connectivity index (χ4v) is 1.97. The van der Waals surface area contributed by atoms with Crippen LogP contribution in [-0.2, 0) is 6.61 Å². The lowest BCUT2D eigenvalue weighted by molar-refractivity contribution is 0.306. The Bertz CT molecular complexity index is 605. The van der Waals surface area contributed by atoms with Crippen LogP contribution in [0.2, 0.25) is 10.0 Å². The Kier molecular flexibility index (Phi) is 4.09. The highest BCUT2D eigenvalue weighted by molar-refractivity contribution is 6.35. The molecule has 0 heterocycles. The van der Waals surface area contributed by atoms with Crippen LogP contribution >= 0.6 is 23.2 Å². The monoisotopic (exact) mass is 277 g/mol. The third-order valence-corrected chi connectivity index (χ3v) is 2.95. The van der Waals surface area contributed by atoms with E-state index in [-0.39, 0.29) is 0 Å². The van der Waals surface area contributed by atoms with Gasteiger partial charge in [-0.15, -0.1) is 0 Å². The normalized spacial score (nSPS) is 9.83. The van der Waals surface area contributed by atoms with E-state index in [0.29, 0.717) is 28.0 Å². The van der Waals surface area contributed by atoms with Crippen LogP contribution in [-0.4, -0.2) is 0 Å². The molecule has 0 N–H and O–H groups in total. The van der Waals surface area contributed by atoms with Gasteiger partial charge < -0.3 is 4.74 Å². The number of nitriles is 1. The average molecular weight is 278 g/mol. The fourth-order valence-electron chi connectivity index (χ4n) is 1.50. The Morgan fingerprint density at radius 3 is 2.61 bits per heavy atom. The molecule has 0 spiro atoms. The Morgan fingerprint density at radius 1 is 1.11 bits per heavy atom. The lowest BCUT2D eigenvalue weighted by Gasteiger charge is -2.09. The van der Waals surface area contributed by atoms with Gasteiger partial charge in [0.25, 0.3) is 0 Å². The van der Waals surface area contributed by atoms with Gasteiger partial charge in [0.05, 0.1) is 16.7 Å². The van der Waals surface area contributed by atoms with Gasteiger partial charge >= 0.3 is 0 Å². The van der Waals surface area contributed by atoms with E-state index < -0.39 is 0 Å². The first-order valence-corrected chi connectivity index (χ1v) is 6.02. The standard InChI is InChI=1S/C14H9Cl2NO/c15-12-5-6-14(13(16)7-12)18-9-11-4-2-1-3-10(11)8-17/h1-7H,9H2. The topological polar surface area (TPSA) is 33.0 Å². The molecular weight excluding hydrogens is 269 g/mol. The van der Waals surface area contributed by atoms with E-state index in [1.165, 1.54) is 0 Å². The van der Waals surface area contributed by atoms with Crippen LogP contribution in [0.25, 0.3) is 0 Å². The summed E-state index contributed by atoms with van der Waals surface area (Å²) in [6.07, 6.45) is 0. The largest absolute Gasteiger partial charge is 0.487 e. The molecule has 0 saturated heterocycles. The van der Waals surface area contributed by atoms with Crippen molar-refractivity contribution in [2.45, 2.75) is 6.61 Å². The molecule has 0 radical (unpaired) electrons. The van der Waals surface area contributed by atoms with E-state index in [1.54, 1.807) is 24.3 Å². The van der Waals surface area contributed by atoms with Gasteiger partial charge in [0.15, 0.2) is 0 Å². The minimum atomic E-state index is 0.297. The maximum absolute atomic E-state index is 8.96. The number of rotatable bonds is 3. The fraction of sp³-hybridized carbons (Fsp3) is 0.0714. The molecule has 2 nitrogen and oxygen atoms in total. The second-order valence-corrected chi connectivity index (χ2v) is 4.48. The Hall–Kier alpha value is -1.69. The maximum atomic E-state index is 8.96. The molecule has 2 rings (SSSR count). The van der Waals surface area contributed by atoms with E-state index in [0.717, 1.165) is 5.56 Å². The Morgan fingerprint density at radius 2 is 1.89 bits per heavy atom. The number of nitrogens with zero attached hydrogens (tertiary/aromatic N) is 1. The smallest absolute Gasteiger partial charge is 0.138 e. The summed E-state index contributed by atoms with van der Waals surface area (Å²) in [4.78, 5) is 0. The third-order valence-electron chi connectivity index (χ3n) is 2.41. The average Bonchev–Trinajstić information content (AvgIpc) is 2.38. The zero-order valence-corrected chi connectivity index (χ0v) is 10.9. The second kappa shape index (κ2) is 5.77. The summed E-state index contributed by atoms with van der Waals surface area (Å²) in [5.41, 5.74) is 1.42. The summed E-state index contributed by atoms with van der Waals surface area (Å²) in [5.74, 6) is 0.550. The first-order chi connectivity index (χ1) is 8.70. The van der Waals surface area contributed by atoms with Crippen molar-refractivity contribution in [2.75, 3.05) is 0 Å². The van der Waals surface area contributed by atoms with Gasteiger partial charge in [-0.25, -0.2) is 0 Å². The van der Waals surface area contributed by atoms with Gasteiger partial charge in [0.1, 0.15) is 12.4 Å². The molecule has 4 heteroatoms. The molecule has 0 unspecified atom stereocenters. The van der Waals surface area contributed by atoms with Gasteiger partial charge in [0, 0.05) is 10.6 Å². The molecule has 0 atom stereocenters. The molecule has 0 aliphatic heterocycles. The van der Waals surface area contributed by atoms with Crippen LogP contribution in [0.1, 0.15) is 11.1 Å². The zero-order valence-electron chi connectivity index (χ0n) is 9.36. The van der Waals surface area contributed by atoms with Crippen molar-refractivity contribution in [1.82, 2.24) is 0 Å². The molecule has 0 bridgehead atoms. The molecule has 90 valence electrons. The summed E-state index contributed by atoms with van der Waals surface area (Å²) < 4.78 is 5.58.